The van der Waals surface area contributed by atoms with Crippen LogP contribution < -0.4 is 11.1 Å². The Labute approximate surface area is 109 Å². The summed E-state index contributed by atoms with van der Waals surface area (Å²) in [5.41, 5.74) is 9.93. The van der Waals surface area contributed by atoms with Gasteiger partial charge >= 0.3 is 0 Å². The molecule has 0 saturated carbocycles. The van der Waals surface area contributed by atoms with Crippen molar-refractivity contribution < 1.29 is 0 Å². The number of hydrogen-bond donors (Lipinski definition) is 2. The Morgan fingerprint density at radius 2 is 1.76 bits per heavy atom. The molecule has 88 valence electrons. The number of nitrogens with one attached hydrogen (secondary N) is 1. The summed E-state index contributed by atoms with van der Waals surface area (Å²) in [6.07, 6.45) is 1.72. The molecule has 0 spiro atoms. The number of nitrogens with two attached hydrogens (primary N) is 1. The van der Waals surface area contributed by atoms with Crippen molar-refractivity contribution in [3.8, 4) is 0 Å². The third kappa shape index (κ3) is 2.77. The van der Waals surface area contributed by atoms with Gasteiger partial charge in [0.25, 0.3) is 0 Å². The van der Waals surface area contributed by atoms with Gasteiger partial charge in [-0.3, -0.25) is 0 Å². The van der Waals surface area contributed by atoms with E-state index in [1.165, 1.54) is 11.1 Å². The molecule has 0 bridgehead atoms. The second kappa shape index (κ2) is 4.75. The zero-order valence-electron chi connectivity index (χ0n) is 9.79. The fraction of sp³-hybridized carbons (Fsp3) is 0.154. The predicted octanol–water partition coefficient (Wildman–Crippen LogP) is 3.79. The molecule has 2 aromatic rings. The number of benzene rings is 1. The van der Waals surface area contributed by atoms with E-state index in [2.05, 4.69) is 52.2 Å². The van der Waals surface area contributed by atoms with Crippen LogP contribution >= 0.6 is 15.9 Å². The molecule has 4 heteroatoms. The van der Waals surface area contributed by atoms with Crippen LogP contribution in [0.1, 0.15) is 11.1 Å². The van der Waals surface area contributed by atoms with E-state index in [0.29, 0.717) is 5.82 Å². The molecular formula is C13H14BrN3. The Morgan fingerprint density at radius 3 is 2.29 bits per heavy atom. The largest absolute Gasteiger partial charge is 0.384 e. The summed E-state index contributed by atoms with van der Waals surface area (Å²) >= 11 is 3.55. The Morgan fingerprint density at radius 1 is 1.12 bits per heavy atom. The SMILES string of the molecule is Cc1cc(Nc2ccc(N)nc2)cc(C)c1Br. The van der Waals surface area contributed by atoms with Crippen molar-refractivity contribution in [2.24, 2.45) is 0 Å². The van der Waals surface area contributed by atoms with Crippen LogP contribution in [0.25, 0.3) is 0 Å². The fourth-order valence-electron chi connectivity index (χ4n) is 1.66. The molecule has 1 aromatic carbocycles. The molecule has 2 rings (SSSR count). The summed E-state index contributed by atoms with van der Waals surface area (Å²) in [5.74, 6) is 0.527. The molecule has 0 aliphatic carbocycles. The van der Waals surface area contributed by atoms with Crippen LogP contribution in [0.4, 0.5) is 17.2 Å². The third-order valence-corrected chi connectivity index (χ3v) is 3.76. The molecular weight excluding hydrogens is 278 g/mol. The Bertz CT molecular complexity index is 512. The number of nitrogen functional groups attached to an aromatic ring is 1. The van der Waals surface area contributed by atoms with Crippen LogP contribution in [0, 0.1) is 13.8 Å². The van der Waals surface area contributed by atoms with E-state index in [4.69, 9.17) is 5.73 Å². The first-order valence-corrected chi connectivity index (χ1v) is 6.11. The molecule has 0 fully saturated rings. The number of halogens is 1. The van der Waals surface area contributed by atoms with Crippen LogP contribution in [0.5, 0.6) is 0 Å². The number of rotatable bonds is 2. The van der Waals surface area contributed by atoms with E-state index in [1.54, 1.807) is 12.3 Å². The second-order valence-electron chi connectivity index (χ2n) is 4.02. The van der Waals surface area contributed by atoms with Crippen LogP contribution in [0.2, 0.25) is 0 Å². The summed E-state index contributed by atoms with van der Waals surface area (Å²) in [6, 6.07) is 7.87. The van der Waals surface area contributed by atoms with Gasteiger partial charge in [-0.15, -0.1) is 0 Å². The molecule has 17 heavy (non-hydrogen) atoms. The van der Waals surface area contributed by atoms with E-state index in [9.17, 15) is 0 Å². The van der Waals surface area contributed by atoms with Crippen LogP contribution in [0.3, 0.4) is 0 Å². The average Bonchev–Trinajstić information content (AvgIpc) is 2.29. The van der Waals surface area contributed by atoms with Gasteiger partial charge in [0.1, 0.15) is 5.82 Å². The quantitative estimate of drug-likeness (QED) is 0.885. The van der Waals surface area contributed by atoms with Crippen LogP contribution in [0.15, 0.2) is 34.9 Å². The number of aromatic nitrogens is 1. The van der Waals surface area contributed by atoms with E-state index in [-0.39, 0.29) is 0 Å². The van der Waals surface area contributed by atoms with Gasteiger partial charge in [0.15, 0.2) is 0 Å². The highest BCUT2D eigenvalue weighted by Gasteiger charge is 2.02. The van der Waals surface area contributed by atoms with Gasteiger partial charge in [-0.25, -0.2) is 4.98 Å². The van der Waals surface area contributed by atoms with Gasteiger partial charge in [-0.2, -0.15) is 0 Å². The van der Waals surface area contributed by atoms with Crippen LogP contribution in [-0.4, -0.2) is 4.98 Å². The number of anilines is 3. The van der Waals surface area contributed by atoms with Gasteiger partial charge in [-0.05, 0) is 49.2 Å². The lowest BCUT2D eigenvalue weighted by atomic mass is 10.1. The van der Waals surface area contributed by atoms with Crippen molar-refractivity contribution in [3.63, 3.8) is 0 Å². The molecule has 0 aliphatic heterocycles. The minimum atomic E-state index is 0.527. The number of aryl methyl sites for hydroxylation is 2. The number of hydrogen-bond acceptors (Lipinski definition) is 3. The van der Waals surface area contributed by atoms with Crippen molar-refractivity contribution in [3.05, 3.63) is 46.1 Å². The Kier molecular flexibility index (Phi) is 3.33. The molecule has 0 saturated heterocycles. The summed E-state index contributed by atoms with van der Waals surface area (Å²) in [7, 11) is 0. The van der Waals surface area contributed by atoms with Gasteiger partial charge in [-0.1, -0.05) is 15.9 Å². The smallest absolute Gasteiger partial charge is 0.123 e. The van der Waals surface area contributed by atoms with Crippen molar-refractivity contribution in [1.82, 2.24) is 4.98 Å². The summed E-state index contributed by atoms with van der Waals surface area (Å²) in [4.78, 5) is 4.04. The molecule has 0 atom stereocenters. The maximum Gasteiger partial charge on any atom is 0.123 e. The molecule has 1 heterocycles. The van der Waals surface area contributed by atoms with Gasteiger partial charge in [0, 0.05) is 10.2 Å². The van der Waals surface area contributed by atoms with E-state index in [0.717, 1.165) is 15.8 Å². The molecule has 3 N–H and O–H groups in total. The standard InChI is InChI=1S/C13H14BrN3/c1-8-5-11(6-9(2)13(8)14)17-10-3-4-12(15)16-7-10/h3-7,17H,1-2H3,(H2,15,16). The van der Waals surface area contributed by atoms with Gasteiger partial charge in [0.2, 0.25) is 0 Å². The zero-order valence-corrected chi connectivity index (χ0v) is 11.4. The van der Waals surface area contributed by atoms with E-state index >= 15 is 0 Å². The van der Waals surface area contributed by atoms with Crippen LogP contribution in [-0.2, 0) is 0 Å². The first-order chi connectivity index (χ1) is 8.06. The minimum Gasteiger partial charge on any atom is -0.384 e. The predicted molar refractivity (Wildman–Crippen MR) is 75.5 cm³/mol. The summed E-state index contributed by atoms with van der Waals surface area (Å²) < 4.78 is 1.15. The first kappa shape index (κ1) is 11.9. The third-order valence-electron chi connectivity index (χ3n) is 2.51. The monoisotopic (exact) mass is 291 g/mol. The van der Waals surface area contributed by atoms with Crippen molar-refractivity contribution in [2.75, 3.05) is 11.1 Å². The lowest BCUT2D eigenvalue weighted by molar-refractivity contribution is 1.31. The Balaban J connectivity index is 2.27. The van der Waals surface area contributed by atoms with Crippen molar-refractivity contribution in [1.29, 1.82) is 0 Å². The molecule has 1 aromatic heterocycles. The van der Waals surface area contributed by atoms with Gasteiger partial charge in [0.05, 0.1) is 11.9 Å². The van der Waals surface area contributed by atoms with Crippen molar-refractivity contribution >= 4 is 33.1 Å². The lowest BCUT2D eigenvalue weighted by Gasteiger charge is -2.10. The molecule has 0 aliphatic rings. The zero-order chi connectivity index (χ0) is 12.4. The highest BCUT2D eigenvalue weighted by Crippen LogP contribution is 2.26. The van der Waals surface area contributed by atoms with E-state index in [1.807, 2.05) is 6.07 Å². The normalized spacial score (nSPS) is 10.3. The fourth-order valence-corrected chi connectivity index (χ4v) is 1.89. The molecule has 0 amide bonds. The molecule has 0 radical (unpaired) electrons. The number of pyridine rings is 1. The maximum atomic E-state index is 5.54. The minimum absolute atomic E-state index is 0.527. The van der Waals surface area contributed by atoms with Crippen molar-refractivity contribution in [2.45, 2.75) is 13.8 Å². The highest BCUT2D eigenvalue weighted by molar-refractivity contribution is 9.10. The highest BCUT2D eigenvalue weighted by atomic mass is 79.9. The second-order valence-corrected chi connectivity index (χ2v) is 4.81. The molecule has 3 nitrogen and oxygen atoms in total. The maximum absolute atomic E-state index is 5.54. The summed E-state index contributed by atoms with van der Waals surface area (Å²) in [5, 5.41) is 3.30. The number of nitrogens with zero attached hydrogens (tertiary/aromatic N) is 1. The van der Waals surface area contributed by atoms with Gasteiger partial charge < -0.3 is 11.1 Å². The molecule has 0 unspecified atom stereocenters. The van der Waals surface area contributed by atoms with E-state index < -0.39 is 0 Å². The summed E-state index contributed by atoms with van der Waals surface area (Å²) in [6.45, 7) is 4.15. The average molecular weight is 292 g/mol. The lowest BCUT2D eigenvalue weighted by Crippen LogP contribution is -1.95. The Hall–Kier alpha value is -1.55. The topological polar surface area (TPSA) is 50.9 Å². The first-order valence-electron chi connectivity index (χ1n) is 5.31.